The third kappa shape index (κ3) is 7.56. The molecule has 0 bridgehead atoms. The summed E-state index contributed by atoms with van der Waals surface area (Å²) in [7, 11) is 0. The number of fused-ring (bicyclic) bond motifs is 1. The molecule has 0 unspecified atom stereocenters. The average Bonchev–Trinajstić information content (AvgIpc) is 3.27. The minimum atomic E-state index is -5.27. The molecule has 0 radical (unpaired) electrons. The van der Waals surface area contributed by atoms with E-state index >= 15 is 0 Å². The molecule has 17 heteroatoms. The molecule has 2 heterocycles. The maximum absolute atomic E-state index is 13.4. The number of phenols is 1. The Bertz CT molecular complexity index is 1360. The molecule has 0 saturated carbocycles. The molecule has 1 aliphatic rings. The van der Waals surface area contributed by atoms with E-state index < -0.39 is 59.1 Å². The lowest BCUT2D eigenvalue weighted by Crippen LogP contribution is -2.49. The number of benzene rings is 2. The summed E-state index contributed by atoms with van der Waals surface area (Å²) >= 11 is 1.11. The summed E-state index contributed by atoms with van der Waals surface area (Å²) in [6.07, 6.45) is -15.1. The summed E-state index contributed by atoms with van der Waals surface area (Å²) in [5.74, 6) is -1.93. The van der Waals surface area contributed by atoms with Crippen molar-refractivity contribution in [2.45, 2.75) is 23.8 Å². The number of nitrogens with one attached hydrogen (secondary N) is 1. The summed E-state index contributed by atoms with van der Waals surface area (Å²) in [4.78, 5) is 20.0. The zero-order chi connectivity index (χ0) is 30.2. The van der Waals surface area contributed by atoms with Gasteiger partial charge in [-0.05, 0) is 24.3 Å². The second-order valence-electron chi connectivity index (χ2n) is 9.06. The van der Waals surface area contributed by atoms with E-state index in [2.05, 4.69) is 4.98 Å². The monoisotopic (exact) mass is 616 g/mol. The molecule has 1 saturated heterocycles. The molecular weight excluding hydrogens is 595 g/mol. The molecule has 224 valence electrons. The smallest absolute Gasteiger partial charge is 0.420 e. The molecule has 0 atom stereocenters. The number of amides is 1. The number of carbonyl (C=O) groups excluding carboxylic acids is 1. The van der Waals surface area contributed by atoms with Crippen molar-refractivity contribution in [3.8, 4) is 5.75 Å². The number of phenolic OH excluding ortho intramolecular Hbond substituents is 1. The van der Waals surface area contributed by atoms with Crippen LogP contribution in [0.3, 0.4) is 0 Å². The normalized spacial score (nSPS) is 15.9. The molecule has 2 N–H and O–H groups in total. The van der Waals surface area contributed by atoms with E-state index in [1.54, 1.807) is 10.2 Å². The largest absolute Gasteiger partial charge is 0.508 e. The van der Waals surface area contributed by atoms with E-state index in [0.717, 1.165) is 17.8 Å². The highest BCUT2D eigenvalue weighted by Gasteiger charge is 2.42. The molecule has 0 spiro atoms. The fourth-order valence-corrected chi connectivity index (χ4v) is 5.07. The van der Waals surface area contributed by atoms with E-state index in [9.17, 15) is 49.4 Å². The number of piperazine rings is 1. The molecule has 1 amide bonds. The van der Waals surface area contributed by atoms with Gasteiger partial charge in [-0.15, -0.1) is 0 Å². The lowest BCUT2D eigenvalue weighted by atomic mass is 10.0. The number of carbonyl (C=O) groups is 1. The van der Waals surface area contributed by atoms with Gasteiger partial charge in [0.15, 0.2) is 5.58 Å². The minimum Gasteiger partial charge on any atom is -0.508 e. The Morgan fingerprint density at radius 1 is 0.902 bits per heavy atom. The van der Waals surface area contributed by atoms with Crippen LogP contribution in [0.1, 0.15) is 16.7 Å². The Morgan fingerprint density at radius 2 is 1.46 bits per heavy atom. The molecule has 4 rings (SSSR count). The van der Waals surface area contributed by atoms with Gasteiger partial charge < -0.3 is 14.8 Å². The third-order valence-corrected chi connectivity index (χ3v) is 6.97. The van der Waals surface area contributed by atoms with Gasteiger partial charge in [-0.3, -0.25) is 14.6 Å². The molecule has 1 aliphatic heterocycles. The second kappa shape index (κ2) is 11.6. The SMILES string of the molecule is O=C(CN1CCN(CCSc2nc3cccc(C(F)(F)F)c3o2)CC1)Nc1c(C(F)(F)F)cc(O)cc1C(F)(F)F. The topological polar surface area (TPSA) is 81.8 Å². The summed E-state index contributed by atoms with van der Waals surface area (Å²) in [5, 5.41) is 11.2. The Morgan fingerprint density at radius 3 is 2.02 bits per heavy atom. The Balaban J connectivity index is 1.30. The Hall–Kier alpha value is -3.18. The number of alkyl halides is 9. The molecule has 0 aliphatic carbocycles. The highest BCUT2D eigenvalue weighted by atomic mass is 32.2. The van der Waals surface area contributed by atoms with Crippen LogP contribution >= 0.6 is 11.8 Å². The quantitative estimate of drug-likeness (QED) is 0.193. The van der Waals surface area contributed by atoms with E-state index in [1.807, 2.05) is 4.90 Å². The fraction of sp³-hybridized carbons (Fsp3) is 0.417. The molecule has 2 aromatic carbocycles. The Labute approximate surface area is 230 Å². The predicted molar refractivity (Wildman–Crippen MR) is 129 cm³/mol. The van der Waals surface area contributed by atoms with Crippen LogP contribution in [-0.2, 0) is 23.3 Å². The molecule has 3 aromatic rings. The lowest BCUT2D eigenvalue weighted by molar-refractivity contribution is -0.142. The maximum atomic E-state index is 13.4. The van der Waals surface area contributed by atoms with Crippen molar-refractivity contribution in [1.82, 2.24) is 14.8 Å². The number of para-hydroxylation sites is 1. The number of oxazole rings is 1. The summed E-state index contributed by atoms with van der Waals surface area (Å²) in [6.45, 7) is 1.41. The molecule has 1 fully saturated rings. The molecular formula is C24H21F9N4O3S. The van der Waals surface area contributed by atoms with Gasteiger partial charge in [-0.25, -0.2) is 4.98 Å². The number of aromatic hydroxyl groups is 1. The van der Waals surface area contributed by atoms with Gasteiger partial charge in [0, 0.05) is 38.5 Å². The van der Waals surface area contributed by atoms with Crippen LogP contribution in [0.4, 0.5) is 45.2 Å². The number of rotatable bonds is 7. The zero-order valence-corrected chi connectivity index (χ0v) is 21.6. The number of halogens is 9. The van der Waals surface area contributed by atoms with Crippen LogP contribution in [0.25, 0.3) is 11.1 Å². The number of nitrogens with zero attached hydrogens (tertiary/aromatic N) is 3. The highest BCUT2D eigenvalue weighted by molar-refractivity contribution is 7.99. The first kappa shape index (κ1) is 30.8. The van der Waals surface area contributed by atoms with Crippen molar-refractivity contribution in [2.75, 3.05) is 50.3 Å². The first-order valence-electron chi connectivity index (χ1n) is 11.9. The van der Waals surface area contributed by atoms with E-state index in [-0.39, 0.29) is 41.5 Å². The first-order chi connectivity index (χ1) is 19.0. The number of hydrogen-bond donors (Lipinski definition) is 2. The number of hydrogen-bond acceptors (Lipinski definition) is 7. The van der Waals surface area contributed by atoms with Crippen molar-refractivity contribution in [3.63, 3.8) is 0 Å². The maximum Gasteiger partial charge on any atom is 0.420 e. The van der Waals surface area contributed by atoms with Crippen molar-refractivity contribution < 1.29 is 53.8 Å². The van der Waals surface area contributed by atoms with Crippen LogP contribution in [0, 0.1) is 0 Å². The molecule has 41 heavy (non-hydrogen) atoms. The van der Waals surface area contributed by atoms with Gasteiger partial charge in [0.05, 0.1) is 23.4 Å². The van der Waals surface area contributed by atoms with Gasteiger partial charge >= 0.3 is 18.5 Å². The van der Waals surface area contributed by atoms with Crippen LogP contribution < -0.4 is 5.32 Å². The number of thioether (sulfide) groups is 1. The summed E-state index contributed by atoms with van der Waals surface area (Å²) in [6, 6.07) is 3.76. The van der Waals surface area contributed by atoms with Gasteiger partial charge in [0.2, 0.25) is 5.91 Å². The van der Waals surface area contributed by atoms with Crippen molar-refractivity contribution in [1.29, 1.82) is 0 Å². The van der Waals surface area contributed by atoms with Gasteiger partial charge in [-0.1, -0.05) is 17.8 Å². The van der Waals surface area contributed by atoms with Crippen LogP contribution in [-0.4, -0.2) is 70.8 Å². The summed E-state index contributed by atoms with van der Waals surface area (Å²) < 4.78 is 125. The van der Waals surface area contributed by atoms with Crippen LogP contribution in [0.5, 0.6) is 5.75 Å². The summed E-state index contributed by atoms with van der Waals surface area (Å²) in [5.41, 5.74) is -6.34. The van der Waals surface area contributed by atoms with Gasteiger partial charge in [0.25, 0.3) is 5.22 Å². The third-order valence-electron chi connectivity index (χ3n) is 6.16. The van der Waals surface area contributed by atoms with Crippen LogP contribution in [0.2, 0.25) is 0 Å². The minimum absolute atomic E-state index is 0.0673. The number of aromatic nitrogens is 1. The molecule has 1 aromatic heterocycles. The van der Waals surface area contributed by atoms with Gasteiger partial charge in [-0.2, -0.15) is 39.5 Å². The van der Waals surface area contributed by atoms with E-state index in [4.69, 9.17) is 4.42 Å². The highest BCUT2D eigenvalue weighted by Crippen LogP contribution is 2.45. The standard InChI is InChI=1S/C24H21F9N4O3S/c25-22(26,27)14-2-1-3-17-20(14)40-21(34-17)41-9-8-36-4-6-37(7-5-36)12-18(39)35-19-15(23(28,29)30)10-13(38)11-16(19)24(31,32)33/h1-3,10-11,38H,4-9,12H2,(H,35,39). The van der Waals surface area contributed by atoms with Crippen LogP contribution in [0.15, 0.2) is 40.0 Å². The second-order valence-corrected chi connectivity index (χ2v) is 10.1. The van der Waals surface area contributed by atoms with E-state index in [0.29, 0.717) is 25.4 Å². The van der Waals surface area contributed by atoms with E-state index in [1.165, 1.54) is 12.1 Å². The fourth-order valence-electron chi connectivity index (χ4n) is 4.24. The molecule has 7 nitrogen and oxygen atoms in total. The first-order valence-corrected chi connectivity index (χ1v) is 12.9. The number of anilines is 1. The Kier molecular flexibility index (Phi) is 8.71. The lowest BCUT2D eigenvalue weighted by Gasteiger charge is -2.34. The van der Waals surface area contributed by atoms with Crippen molar-refractivity contribution in [3.05, 3.63) is 47.0 Å². The van der Waals surface area contributed by atoms with Gasteiger partial charge in [0.1, 0.15) is 16.8 Å². The predicted octanol–water partition coefficient (Wildman–Crippen LogP) is 5.94. The zero-order valence-electron chi connectivity index (χ0n) is 20.8. The van der Waals surface area contributed by atoms with Crippen molar-refractivity contribution in [2.24, 2.45) is 0 Å². The van der Waals surface area contributed by atoms with Crippen molar-refractivity contribution >= 4 is 34.5 Å². The average molecular weight is 617 g/mol.